The van der Waals surface area contributed by atoms with Crippen molar-refractivity contribution in [1.82, 2.24) is 15.1 Å². The van der Waals surface area contributed by atoms with Crippen LogP contribution in [0.5, 0.6) is 0 Å². The van der Waals surface area contributed by atoms with Crippen LogP contribution >= 0.6 is 0 Å². The van der Waals surface area contributed by atoms with Gasteiger partial charge in [0.1, 0.15) is 5.82 Å². The summed E-state index contributed by atoms with van der Waals surface area (Å²) in [5, 5.41) is 7.46. The highest BCUT2D eigenvalue weighted by atomic mass is 19.1. The number of nitrogens with zero attached hydrogens (tertiary/aromatic N) is 2. The van der Waals surface area contributed by atoms with Gasteiger partial charge in [0.2, 0.25) is 5.91 Å². The van der Waals surface area contributed by atoms with Crippen LogP contribution in [-0.2, 0) is 4.79 Å². The zero-order valence-corrected chi connectivity index (χ0v) is 15.6. The maximum absolute atomic E-state index is 13.0. The normalized spacial score (nSPS) is 12.3. The standard InChI is InChI=1S/C22H22FN3O/c1-15(18-9-11-19(23)12-10-18)24-22(27)14-13-21-16(2)25-26(17(21)3)20-7-5-4-6-8-20/h4-15H,1-3H3,(H,24,27)/b14-13+. The number of amides is 1. The lowest BCUT2D eigenvalue weighted by atomic mass is 10.1. The van der Waals surface area contributed by atoms with E-state index in [4.69, 9.17) is 0 Å². The molecular formula is C22H22FN3O. The molecule has 27 heavy (non-hydrogen) atoms. The average Bonchev–Trinajstić information content (AvgIpc) is 2.95. The Bertz CT molecular complexity index is 959. The third kappa shape index (κ3) is 4.31. The van der Waals surface area contributed by atoms with Gasteiger partial charge in [0.15, 0.2) is 0 Å². The molecular weight excluding hydrogens is 341 g/mol. The number of para-hydroxylation sites is 1. The number of rotatable bonds is 5. The highest BCUT2D eigenvalue weighted by Gasteiger charge is 2.12. The van der Waals surface area contributed by atoms with Crippen LogP contribution in [0.15, 0.2) is 60.7 Å². The summed E-state index contributed by atoms with van der Waals surface area (Å²) >= 11 is 0. The molecule has 0 aliphatic rings. The van der Waals surface area contributed by atoms with E-state index in [0.29, 0.717) is 0 Å². The Morgan fingerprint density at radius 1 is 1.11 bits per heavy atom. The first-order valence-electron chi connectivity index (χ1n) is 8.81. The van der Waals surface area contributed by atoms with Crippen LogP contribution in [0.2, 0.25) is 0 Å². The molecule has 3 aromatic rings. The molecule has 0 spiro atoms. The quantitative estimate of drug-likeness (QED) is 0.678. The van der Waals surface area contributed by atoms with Gasteiger partial charge in [0.25, 0.3) is 0 Å². The molecule has 4 nitrogen and oxygen atoms in total. The molecule has 1 amide bonds. The summed E-state index contributed by atoms with van der Waals surface area (Å²) in [6.07, 6.45) is 3.29. The zero-order valence-electron chi connectivity index (χ0n) is 15.6. The van der Waals surface area contributed by atoms with Crippen molar-refractivity contribution in [1.29, 1.82) is 0 Å². The molecule has 0 aliphatic carbocycles. The number of benzene rings is 2. The Labute approximate surface area is 158 Å². The number of nitrogens with one attached hydrogen (secondary N) is 1. The SMILES string of the molecule is Cc1nn(-c2ccccc2)c(C)c1/C=C/C(=O)NC(C)c1ccc(F)cc1. The number of hydrogen-bond donors (Lipinski definition) is 1. The minimum atomic E-state index is -0.293. The molecule has 0 radical (unpaired) electrons. The first-order chi connectivity index (χ1) is 13.0. The molecule has 1 unspecified atom stereocenters. The molecule has 138 valence electrons. The van der Waals surface area contributed by atoms with Gasteiger partial charge in [-0.25, -0.2) is 9.07 Å². The lowest BCUT2D eigenvalue weighted by Gasteiger charge is -2.12. The van der Waals surface area contributed by atoms with Crippen LogP contribution < -0.4 is 5.32 Å². The van der Waals surface area contributed by atoms with Gasteiger partial charge in [-0.05, 0) is 56.7 Å². The van der Waals surface area contributed by atoms with Crippen LogP contribution in [0.1, 0.15) is 35.5 Å². The molecule has 3 rings (SSSR count). The fourth-order valence-corrected chi connectivity index (χ4v) is 2.97. The molecule has 0 bridgehead atoms. The molecule has 5 heteroatoms. The summed E-state index contributed by atoms with van der Waals surface area (Å²) in [6, 6.07) is 15.8. The van der Waals surface area contributed by atoms with Crippen molar-refractivity contribution in [3.8, 4) is 5.69 Å². The molecule has 0 saturated heterocycles. The van der Waals surface area contributed by atoms with Gasteiger partial charge in [-0.1, -0.05) is 30.3 Å². The van der Waals surface area contributed by atoms with Crippen LogP contribution in [0.25, 0.3) is 11.8 Å². The number of aromatic nitrogens is 2. The first-order valence-corrected chi connectivity index (χ1v) is 8.81. The second-order valence-electron chi connectivity index (χ2n) is 6.45. The lowest BCUT2D eigenvalue weighted by Crippen LogP contribution is -2.24. The smallest absolute Gasteiger partial charge is 0.244 e. The highest BCUT2D eigenvalue weighted by Crippen LogP contribution is 2.19. The van der Waals surface area contributed by atoms with E-state index in [0.717, 1.165) is 28.2 Å². The molecule has 1 heterocycles. The predicted octanol–water partition coefficient (Wildman–Crippen LogP) is 4.52. The maximum atomic E-state index is 13.0. The van der Waals surface area contributed by atoms with Crippen LogP contribution in [0.4, 0.5) is 4.39 Å². The van der Waals surface area contributed by atoms with Gasteiger partial charge in [-0.15, -0.1) is 0 Å². The summed E-state index contributed by atoms with van der Waals surface area (Å²) in [5.74, 6) is -0.503. The zero-order chi connectivity index (χ0) is 19.4. The molecule has 0 aliphatic heterocycles. The molecule has 0 fully saturated rings. The Hall–Kier alpha value is -3.21. The van der Waals surface area contributed by atoms with Crippen molar-refractivity contribution in [3.05, 3.63) is 89.0 Å². The van der Waals surface area contributed by atoms with E-state index >= 15 is 0 Å². The van der Waals surface area contributed by atoms with Crippen molar-refractivity contribution >= 4 is 12.0 Å². The van der Waals surface area contributed by atoms with Gasteiger partial charge in [0.05, 0.1) is 17.4 Å². The van der Waals surface area contributed by atoms with E-state index in [1.54, 1.807) is 18.2 Å². The third-order valence-electron chi connectivity index (χ3n) is 4.48. The monoisotopic (exact) mass is 363 g/mol. The van der Waals surface area contributed by atoms with E-state index in [1.165, 1.54) is 18.2 Å². The number of carbonyl (C=O) groups excluding carboxylic acids is 1. The van der Waals surface area contributed by atoms with Gasteiger partial charge in [0, 0.05) is 17.3 Å². The fraction of sp³-hybridized carbons (Fsp3) is 0.182. The summed E-state index contributed by atoms with van der Waals surface area (Å²) in [5.41, 5.74) is 4.57. The number of carbonyl (C=O) groups is 1. The Morgan fingerprint density at radius 3 is 2.44 bits per heavy atom. The Morgan fingerprint density at radius 2 is 1.78 bits per heavy atom. The van der Waals surface area contributed by atoms with Crippen LogP contribution in [0, 0.1) is 19.7 Å². The van der Waals surface area contributed by atoms with Crippen LogP contribution in [-0.4, -0.2) is 15.7 Å². The largest absolute Gasteiger partial charge is 0.346 e. The van der Waals surface area contributed by atoms with Gasteiger partial charge in [-0.2, -0.15) is 5.10 Å². The molecule has 0 saturated carbocycles. The van der Waals surface area contributed by atoms with E-state index in [-0.39, 0.29) is 17.8 Å². The maximum Gasteiger partial charge on any atom is 0.244 e. The molecule has 1 N–H and O–H groups in total. The highest BCUT2D eigenvalue weighted by molar-refractivity contribution is 5.92. The van der Waals surface area contributed by atoms with E-state index in [9.17, 15) is 9.18 Å². The third-order valence-corrected chi connectivity index (χ3v) is 4.48. The van der Waals surface area contributed by atoms with Gasteiger partial charge in [-0.3, -0.25) is 4.79 Å². The van der Waals surface area contributed by atoms with E-state index in [1.807, 2.05) is 55.8 Å². The van der Waals surface area contributed by atoms with Crippen molar-refractivity contribution in [2.75, 3.05) is 0 Å². The number of hydrogen-bond acceptors (Lipinski definition) is 2. The predicted molar refractivity (Wildman–Crippen MR) is 105 cm³/mol. The van der Waals surface area contributed by atoms with Crippen molar-refractivity contribution in [2.24, 2.45) is 0 Å². The number of aryl methyl sites for hydroxylation is 1. The van der Waals surface area contributed by atoms with E-state index in [2.05, 4.69) is 10.4 Å². The second kappa shape index (κ2) is 7.99. The summed E-state index contributed by atoms with van der Waals surface area (Å²) in [7, 11) is 0. The summed E-state index contributed by atoms with van der Waals surface area (Å²) in [4.78, 5) is 12.3. The minimum Gasteiger partial charge on any atom is -0.346 e. The average molecular weight is 363 g/mol. The summed E-state index contributed by atoms with van der Waals surface area (Å²) in [6.45, 7) is 5.76. The Kier molecular flexibility index (Phi) is 5.50. The van der Waals surface area contributed by atoms with Crippen molar-refractivity contribution in [3.63, 3.8) is 0 Å². The van der Waals surface area contributed by atoms with Gasteiger partial charge >= 0.3 is 0 Å². The van der Waals surface area contributed by atoms with E-state index < -0.39 is 0 Å². The first kappa shape index (κ1) is 18.6. The molecule has 1 aromatic heterocycles. The lowest BCUT2D eigenvalue weighted by molar-refractivity contribution is -0.117. The van der Waals surface area contributed by atoms with Crippen molar-refractivity contribution in [2.45, 2.75) is 26.8 Å². The van der Waals surface area contributed by atoms with Crippen LogP contribution in [0.3, 0.4) is 0 Å². The second-order valence-corrected chi connectivity index (χ2v) is 6.45. The van der Waals surface area contributed by atoms with Gasteiger partial charge < -0.3 is 5.32 Å². The molecule has 2 aromatic carbocycles. The summed E-state index contributed by atoms with van der Waals surface area (Å²) < 4.78 is 14.9. The minimum absolute atomic E-state index is 0.210. The topological polar surface area (TPSA) is 46.9 Å². The fourth-order valence-electron chi connectivity index (χ4n) is 2.97. The number of halogens is 1. The molecule has 1 atom stereocenters. The Balaban J connectivity index is 1.73. The van der Waals surface area contributed by atoms with Crippen molar-refractivity contribution < 1.29 is 9.18 Å².